The molecule has 0 saturated carbocycles. The first-order chi connectivity index (χ1) is 8.18. The molecule has 0 aliphatic heterocycles. The summed E-state index contributed by atoms with van der Waals surface area (Å²) in [5, 5.41) is 5.84. The van der Waals surface area contributed by atoms with Gasteiger partial charge in [-0.15, -0.1) is 0 Å². The molecule has 0 aromatic rings. The molecule has 5 heteroatoms. The van der Waals surface area contributed by atoms with Crippen molar-refractivity contribution in [3.63, 3.8) is 0 Å². The zero-order valence-corrected chi connectivity index (χ0v) is 11.3. The molecule has 2 N–H and O–H groups in total. The van der Waals surface area contributed by atoms with Gasteiger partial charge in [0.1, 0.15) is 0 Å². The van der Waals surface area contributed by atoms with Gasteiger partial charge >= 0.3 is 0 Å². The Labute approximate surface area is 104 Å². The maximum absolute atomic E-state index is 11.2. The number of likely N-dealkylation sites (N-methyl/N-ethyl adjacent to an activating group) is 1. The van der Waals surface area contributed by atoms with Gasteiger partial charge in [0.25, 0.3) is 0 Å². The van der Waals surface area contributed by atoms with Crippen LogP contribution in [-0.4, -0.2) is 52.5 Å². The molecule has 0 aromatic carbocycles. The molecule has 102 valence electrons. The highest BCUT2D eigenvalue weighted by Gasteiger charge is 2.04. The van der Waals surface area contributed by atoms with Crippen LogP contribution in [0, 0.1) is 5.92 Å². The first-order valence-electron chi connectivity index (χ1n) is 6.26. The van der Waals surface area contributed by atoms with E-state index in [4.69, 9.17) is 9.47 Å². The fourth-order valence-corrected chi connectivity index (χ4v) is 1.09. The van der Waals surface area contributed by atoms with Crippen molar-refractivity contribution >= 4 is 5.91 Å². The summed E-state index contributed by atoms with van der Waals surface area (Å²) in [6.07, 6.45) is 0.842. The van der Waals surface area contributed by atoms with E-state index in [0.717, 1.165) is 13.0 Å². The zero-order valence-electron chi connectivity index (χ0n) is 11.3. The van der Waals surface area contributed by atoms with Gasteiger partial charge in [0, 0.05) is 25.6 Å². The van der Waals surface area contributed by atoms with E-state index in [2.05, 4.69) is 10.6 Å². The lowest BCUT2D eigenvalue weighted by Crippen LogP contribution is -2.29. The number of nitrogens with one attached hydrogen (secondary N) is 2. The van der Waals surface area contributed by atoms with E-state index in [0.29, 0.717) is 33.0 Å². The second kappa shape index (κ2) is 11.8. The molecule has 0 saturated heterocycles. The van der Waals surface area contributed by atoms with E-state index in [9.17, 15) is 4.79 Å². The topological polar surface area (TPSA) is 59.6 Å². The lowest BCUT2D eigenvalue weighted by Gasteiger charge is -2.08. The van der Waals surface area contributed by atoms with Gasteiger partial charge in [-0.3, -0.25) is 4.79 Å². The Morgan fingerprint density at radius 1 is 1.06 bits per heavy atom. The Balaban J connectivity index is 3.06. The SMILES string of the molecule is CNCCOCCOCCCNC(=O)C(C)C. The predicted octanol–water partition coefficient (Wildman–Crippen LogP) is 0.401. The van der Waals surface area contributed by atoms with Crippen LogP contribution < -0.4 is 10.6 Å². The molecule has 0 aliphatic rings. The molecule has 17 heavy (non-hydrogen) atoms. The van der Waals surface area contributed by atoms with Crippen molar-refractivity contribution < 1.29 is 14.3 Å². The lowest BCUT2D eigenvalue weighted by atomic mass is 10.2. The van der Waals surface area contributed by atoms with Gasteiger partial charge in [0.2, 0.25) is 5.91 Å². The van der Waals surface area contributed by atoms with Gasteiger partial charge in [-0.05, 0) is 13.5 Å². The fraction of sp³-hybridized carbons (Fsp3) is 0.917. The molecule has 5 nitrogen and oxygen atoms in total. The summed E-state index contributed by atoms with van der Waals surface area (Å²) in [4.78, 5) is 11.2. The molecule has 0 spiro atoms. The molecular weight excluding hydrogens is 220 g/mol. The summed E-state index contributed by atoms with van der Waals surface area (Å²) in [5.74, 6) is 0.150. The van der Waals surface area contributed by atoms with E-state index >= 15 is 0 Å². The molecule has 0 unspecified atom stereocenters. The number of hydrogen-bond donors (Lipinski definition) is 2. The number of hydrogen-bond acceptors (Lipinski definition) is 4. The Bertz CT molecular complexity index is 187. The summed E-state index contributed by atoms with van der Waals surface area (Å²) in [5.41, 5.74) is 0. The van der Waals surface area contributed by atoms with Crippen LogP contribution in [-0.2, 0) is 14.3 Å². The van der Waals surface area contributed by atoms with Gasteiger partial charge in [-0.1, -0.05) is 13.8 Å². The van der Waals surface area contributed by atoms with Crippen molar-refractivity contribution in [3.8, 4) is 0 Å². The van der Waals surface area contributed by atoms with Crippen LogP contribution in [0.3, 0.4) is 0 Å². The number of amides is 1. The summed E-state index contributed by atoms with van der Waals surface area (Å²) < 4.78 is 10.7. The van der Waals surface area contributed by atoms with E-state index in [1.807, 2.05) is 20.9 Å². The van der Waals surface area contributed by atoms with Crippen molar-refractivity contribution in [2.45, 2.75) is 20.3 Å². The summed E-state index contributed by atoms with van der Waals surface area (Å²) in [7, 11) is 1.89. The Morgan fingerprint density at radius 2 is 1.71 bits per heavy atom. The molecule has 0 rings (SSSR count). The fourth-order valence-electron chi connectivity index (χ4n) is 1.09. The van der Waals surface area contributed by atoms with Crippen LogP contribution in [0.15, 0.2) is 0 Å². The minimum atomic E-state index is 0.0523. The van der Waals surface area contributed by atoms with Gasteiger partial charge in [-0.25, -0.2) is 0 Å². The summed E-state index contributed by atoms with van der Waals surface area (Å²) >= 11 is 0. The predicted molar refractivity (Wildman–Crippen MR) is 68.0 cm³/mol. The maximum Gasteiger partial charge on any atom is 0.222 e. The first-order valence-corrected chi connectivity index (χ1v) is 6.26. The molecule has 0 fully saturated rings. The Hall–Kier alpha value is -0.650. The average Bonchev–Trinajstić information content (AvgIpc) is 2.31. The third kappa shape index (κ3) is 11.6. The largest absolute Gasteiger partial charge is 0.379 e. The second-order valence-electron chi connectivity index (χ2n) is 4.13. The molecule has 1 amide bonds. The molecule has 0 heterocycles. The zero-order chi connectivity index (χ0) is 12.9. The lowest BCUT2D eigenvalue weighted by molar-refractivity contribution is -0.124. The van der Waals surface area contributed by atoms with Gasteiger partial charge in [0.15, 0.2) is 0 Å². The monoisotopic (exact) mass is 246 g/mol. The molecule has 0 atom stereocenters. The minimum Gasteiger partial charge on any atom is -0.379 e. The normalized spacial score (nSPS) is 10.8. The highest BCUT2D eigenvalue weighted by Crippen LogP contribution is 1.90. The summed E-state index contributed by atoms with van der Waals surface area (Å²) in [6, 6.07) is 0. The van der Waals surface area contributed by atoms with E-state index < -0.39 is 0 Å². The van der Waals surface area contributed by atoms with Crippen molar-refractivity contribution in [3.05, 3.63) is 0 Å². The van der Waals surface area contributed by atoms with Crippen LogP contribution in [0.2, 0.25) is 0 Å². The Morgan fingerprint density at radius 3 is 2.29 bits per heavy atom. The van der Waals surface area contributed by atoms with Crippen LogP contribution in [0.5, 0.6) is 0 Å². The molecule has 0 bridgehead atoms. The van der Waals surface area contributed by atoms with Crippen molar-refractivity contribution in [1.82, 2.24) is 10.6 Å². The van der Waals surface area contributed by atoms with Crippen molar-refractivity contribution in [2.24, 2.45) is 5.92 Å². The van der Waals surface area contributed by atoms with Crippen LogP contribution in [0.1, 0.15) is 20.3 Å². The average molecular weight is 246 g/mol. The Kier molecular flexibility index (Phi) is 11.4. The number of rotatable bonds is 11. The van der Waals surface area contributed by atoms with Crippen LogP contribution in [0.25, 0.3) is 0 Å². The number of ether oxygens (including phenoxy) is 2. The highest BCUT2D eigenvalue weighted by atomic mass is 16.5. The summed E-state index contributed by atoms with van der Waals surface area (Å²) in [6.45, 7) is 7.92. The smallest absolute Gasteiger partial charge is 0.222 e. The third-order valence-electron chi connectivity index (χ3n) is 2.16. The highest BCUT2D eigenvalue weighted by molar-refractivity contribution is 5.77. The molecular formula is C12H26N2O3. The maximum atomic E-state index is 11.2. The van der Waals surface area contributed by atoms with Crippen molar-refractivity contribution in [1.29, 1.82) is 0 Å². The molecule has 0 radical (unpaired) electrons. The van der Waals surface area contributed by atoms with Gasteiger partial charge in [-0.2, -0.15) is 0 Å². The first kappa shape index (κ1) is 16.4. The number of carbonyl (C=O) groups excluding carboxylic acids is 1. The van der Waals surface area contributed by atoms with Crippen LogP contribution >= 0.6 is 0 Å². The van der Waals surface area contributed by atoms with Crippen LogP contribution in [0.4, 0.5) is 0 Å². The van der Waals surface area contributed by atoms with E-state index in [1.54, 1.807) is 0 Å². The van der Waals surface area contributed by atoms with E-state index in [-0.39, 0.29) is 11.8 Å². The van der Waals surface area contributed by atoms with Crippen molar-refractivity contribution in [2.75, 3.05) is 46.6 Å². The van der Waals surface area contributed by atoms with E-state index in [1.165, 1.54) is 0 Å². The van der Waals surface area contributed by atoms with Gasteiger partial charge in [0.05, 0.1) is 19.8 Å². The molecule has 0 aliphatic carbocycles. The minimum absolute atomic E-state index is 0.0523. The quantitative estimate of drug-likeness (QED) is 0.518. The standard InChI is InChI=1S/C12H26N2O3/c1-11(2)12(15)14-5-4-7-16-9-10-17-8-6-13-3/h11,13H,4-10H2,1-3H3,(H,14,15). The number of carbonyl (C=O) groups is 1. The third-order valence-corrected chi connectivity index (χ3v) is 2.16. The second-order valence-corrected chi connectivity index (χ2v) is 4.13. The van der Waals surface area contributed by atoms with Gasteiger partial charge < -0.3 is 20.1 Å². The molecule has 0 aromatic heterocycles.